The van der Waals surface area contributed by atoms with Gasteiger partial charge in [0, 0.05) is 29.1 Å². The lowest BCUT2D eigenvalue weighted by Gasteiger charge is -2.33. The molecule has 0 spiro atoms. The zero-order valence-electron chi connectivity index (χ0n) is 14.1. The van der Waals surface area contributed by atoms with E-state index in [2.05, 4.69) is 24.1 Å². The maximum atomic E-state index is 11.9. The molecule has 2 aromatic rings. The number of carbonyl (C=O) groups excluding carboxylic acids is 1. The number of halogens is 2. The molecule has 1 saturated carbocycles. The highest BCUT2D eigenvalue weighted by atomic mass is 35.5. The average Bonchev–Trinajstić information content (AvgIpc) is 3.37. The topological polar surface area (TPSA) is 46.3 Å². The molecule has 1 aliphatic carbocycles. The van der Waals surface area contributed by atoms with Crippen LogP contribution in [0.5, 0.6) is 0 Å². The predicted octanol–water partition coefficient (Wildman–Crippen LogP) is 4.09. The standard InChI is InChI=1S/C20H20Cl2N2O/c1-24-10-16(15-8-14(21)9-18(22)17(15)11-24)12-3-2-4-13(7-12)20(5-6-20)19(23)25/h2-4,7-9,16H,5-6,10-11H2,1H3,(H2,23,25). The number of likely N-dealkylation sites (N-methyl/N-ethyl adjacent to an activating group) is 1. The molecule has 0 radical (unpaired) electrons. The van der Waals surface area contributed by atoms with Gasteiger partial charge in [-0.05, 0) is 54.3 Å². The van der Waals surface area contributed by atoms with Gasteiger partial charge < -0.3 is 10.6 Å². The zero-order chi connectivity index (χ0) is 17.8. The van der Waals surface area contributed by atoms with Crippen LogP contribution in [0.15, 0.2) is 36.4 Å². The van der Waals surface area contributed by atoms with Crippen LogP contribution >= 0.6 is 23.2 Å². The van der Waals surface area contributed by atoms with E-state index in [9.17, 15) is 4.79 Å². The van der Waals surface area contributed by atoms with Crippen LogP contribution in [0.4, 0.5) is 0 Å². The van der Waals surface area contributed by atoms with E-state index in [1.807, 2.05) is 18.2 Å². The van der Waals surface area contributed by atoms with Crippen molar-refractivity contribution in [1.29, 1.82) is 0 Å². The Morgan fingerprint density at radius 3 is 2.68 bits per heavy atom. The van der Waals surface area contributed by atoms with Crippen LogP contribution < -0.4 is 5.73 Å². The normalized spacial score (nSPS) is 21.6. The molecule has 2 aliphatic rings. The number of hydrogen-bond donors (Lipinski definition) is 1. The molecule has 2 aromatic carbocycles. The third kappa shape index (κ3) is 2.84. The number of nitrogens with two attached hydrogens (primary N) is 1. The molecule has 0 aromatic heterocycles. The van der Waals surface area contributed by atoms with Crippen molar-refractivity contribution in [3.8, 4) is 0 Å². The molecule has 1 aliphatic heterocycles. The van der Waals surface area contributed by atoms with E-state index < -0.39 is 5.41 Å². The van der Waals surface area contributed by atoms with Gasteiger partial charge in [-0.25, -0.2) is 0 Å². The fourth-order valence-corrected chi connectivity index (χ4v) is 4.55. The molecule has 1 heterocycles. The number of carbonyl (C=O) groups is 1. The second-order valence-corrected chi connectivity index (χ2v) is 8.12. The second-order valence-electron chi connectivity index (χ2n) is 7.28. The summed E-state index contributed by atoms with van der Waals surface area (Å²) in [7, 11) is 2.09. The van der Waals surface area contributed by atoms with Crippen molar-refractivity contribution >= 4 is 29.1 Å². The van der Waals surface area contributed by atoms with Gasteiger partial charge in [0.05, 0.1) is 5.41 Å². The van der Waals surface area contributed by atoms with Crippen molar-refractivity contribution < 1.29 is 4.79 Å². The first-order chi connectivity index (χ1) is 11.9. The van der Waals surface area contributed by atoms with Crippen molar-refractivity contribution in [2.45, 2.75) is 30.7 Å². The minimum atomic E-state index is -0.467. The Balaban J connectivity index is 1.80. The minimum absolute atomic E-state index is 0.175. The Kier molecular flexibility index (Phi) is 4.06. The number of hydrogen-bond acceptors (Lipinski definition) is 2. The first-order valence-electron chi connectivity index (χ1n) is 8.47. The van der Waals surface area contributed by atoms with E-state index in [1.54, 1.807) is 6.07 Å². The summed E-state index contributed by atoms with van der Waals surface area (Å²) in [4.78, 5) is 14.2. The molecule has 130 valence electrons. The van der Waals surface area contributed by atoms with Gasteiger partial charge in [0.15, 0.2) is 0 Å². The number of nitrogens with zero attached hydrogens (tertiary/aromatic N) is 1. The Hall–Kier alpha value is -1.55. The first kappa shape index (κ1) is 16.9. The zero-order valence-corrected chi connectivity index (χ0v) is 15.6. The molecular formula is C20H20Cl2N2O. The van der Waals surface area contributed by atoms with E-state index in [0.29, 0.717) is 10.0 Å². The van der Waals surface area contributed by atoms with Crippen molar-refractivity contribution in [2.24, 2.45) is 5.73 Å². The lowest BCUT2D eigenvalue weighted by Crippen LogP contribution is -2.32. The highest BCUT2D eigenvalue weighted by molar-refractivity contribution is 6.35. The SMILES string of the molecule is CN1Cc2c(Cl)cc(Cl)cc2C(c2cccc(C3(C(N)=O)CC3)c2)C1. The Bertz CT molecular complexity index is 861. The molecule has 2 N–H and O–H groups in total. The summed E-state index contributed by atoms with van der Waals surface area (Å²) in [5.74, 6) is -0.0505. The van der Waals surface area contributed by atoms with Gasteiger partial charge in [-0.15, -0.1) is 0 Å². The van der Waals surface area contributed by atoms with E-state index in [0.717, 1.165) is 37.1 Å². The van der Waals surface area contributed by atoms with Crippen LogP contribution in [-0.2, 0) is 16.8 Å². The predicted molar refractivity (Wildman–Crippen MR) is 101 cm³/mol. The van der Waals surface area contributed by atoms with Crippen molar-refractivity contribution in [3.63, 3.8) is 0 Å². The molecule has 1 amide bonds. The molecule has 5 heteroatoms. The van der Waals surface area contributed by atoms with Crippen molar-refractivity contribution in [1.82, 2.24) is 4.90 Å². The summed E-state index contributed by atoms with van der Waals surface area (Å²) in [6.07, 6.45) is 1.68. The first-order valence-corrected chi connectivity index (χ1v) is 9.23. The molecule has 1 atom stereocenters. The lowest BCUT2D eigenvalue weighted by atomic mass is 9.82. The third-order valence-corrected chi connectivity index (χ3v) is 6.11. The molecule has 0 bridgehead atoms. The number of fused-ring (bicyclic) bond motifs is 1. The Morgan fingerprint density at radius 1 is 1.24 bits per heavy atom. The van der Waals surface area contributed by atoms with Crippen LogP contribution in [0.25, 0.3) is 0 Å². The van der Waals surface area contributed by atoms with Crippen molar-refractivity contribution in [2.75, 3.05) is 13.6 Å². The van der Waals surface area contributed by atoms with Gasteiger partial charge >= 0.3 is 0 Å². The Labute approximate surface area is 157 Å². The van der Waals surface area contributed by atoms with Gasteiger partial charge in [0.1, 0.15) is 0 Å². The smallest absolute Gasteiger partial charge is 0.228 e. The van der Waals surface area contributed by atoms with Crippen LogP contribution in [0.2, 0.25) is 10.0 Å². The highest BCUT2D eigenvalue weighted by Gasteiger charge is 2.50. The van der Waals surface area contributed by atoms with E-state index in [4.69, 9.17) is 28.9 Å². The highest BCUT2D eigenvalue weighted by Crippen LogP contribution is 2.49. The molecule has 25 heavy (non-hydrogen) atoms. The molecule has 4 rings (SSSR count). The van der Waals surface area contributed by atoms with Crippen molar-refractivity contribution in [3.05, 3.63) is 68.7 Å². The minimum Gasteiger partial charge on any atom is -0.369 e. The quantitative estimate of drug-likeness (QED) is 0.879. The summed E-state index contributed by atoms with van der Waals surface area (Å²) in [5, 5.41) is 1.37. The molecule has 1 fully saturated rings. The maximum Gasteiger partial charge on any atom is 0.228 e. The van der Waals surface area contributed by atoms with Crippen LogP contribution in [0.1, 0.15) is 41.0 Å². The lowest BCUT2D eigenvalue weighted by molar-refractivity contribution is -0.120. The molecular weight excluding hydrogens is 355 g/mol. The fraction of sp³-hybridized carbons (Fsp3) is 0.350. The molecule has 3 nitrogen and oxygen atoms in total. The van der Waals surface area contributed by atoms with Gasteiger partial charge in [-0.1, -0.05) is 47.5 Å². The number of benzene rings is 2. The number of rotatable bonds is 3. The van der Waals surface area contributed by atoms with E-state index >= 15 is 0 Å². The molecule has 1 unspecified atom stereocenters. The summed E-state index contributed by atoms with van der Waals surface area (Å²) in [6.45, 7) is 1.70. The second kappa shape index (κ2) is 6.01. The van der Waals surface area contributed by atoms with Crippen LogP contribution in [-0.4, -0.2) is 24.4 Å². The van der Waals surface area contributed by atoms with E-state index in [-0.39, 0.29) is 11.8 Å². The van der Waals surface area contributed by atoms with Crippen LogP contribution in [0.3, 0.4) is 0 Å². The number of primary amides is 1. The summed E-state index contributed by atoms with van der Waals surface area (Å²) in [6, 6.07) is 12.1. The monoisotopic (exact) mass is 374 g/mol. The Morgan fingerprint density at radius 2 is 2.00 bits per heavy atom. The largest absolute Gasteiger partial charge is 0.369 e. The number of amides is 1. The maximum absolute atomic E-state index is 11.9. The van der Waals surface area contributed by atoms with Gasteiger partial charge in [-0.2, -0.15) is 0 Å². The van der Waals surface area contributed by atoms with Gasteiger partial charge in [0.25, 0.3) is 0 Å². The van der Waals surface area contributed by atoms with Crippen LogP contribution in [0, 0.1) is 0 Å². The fourth-order valence-electron chi connectivity index (χ4n) is 3.99. The average molecular weight is 375 g/mol. The van der Waals surface area contributed by atoms with Gasteiger partial charge in [0.2, 0.25) is 5.91 Å². The third-order valence-electron chi connectivity index (χ3n) is 5.56. The summed E-state index contributed by atoms with van der Waals surface area (Å²) < 4.78 is 0. The van der Waals surface area contributed by atoms with Gasteiger partial charge in [-0.3, -0.25) is 4.79 Å². The summed E-state index contributed by atoms with van der Waals surface area (Å²) in [5.41, 5.74) is 9.70. The van der Waals surface area contributed by atoms with E-state index in [1.165, 1.54) is 11.1 Å². The summed E-state index contributed by atoms with van der Waals surface area (Å²) >= 11 is 12.7. The molecule has 0 saturated heterocycles.